The Morgan fingerprint density at radius 1 is 1.33 bits per heavy atom. The molecule has 0 aliphatic rings. The summed E-state index contributed by atoms with van der Waals surface area (Å²) in [6.45, 7) is 1.90. The van der Waals surface area contributed by atoms with E-state index in [9.17, 15) is 20.0 Å². The molecule has 1 aromatic carbocycles. The van der Waals surface area contributed by atoms with Crippen molar-refractivity contribution in [2.45, 2.75) is 18.5 Å². The summed E-state index contributed by atoms with van der Waals surface area (Å²) in [6.07, 6.45) is 3.83. The van der Waals surface area contributed by atoms with E-state index >= 15 is 0 Å². The van der Waals surface area contributed by atoms with Crippen LogP contribution in [-0.4, -0.2) is 30.6 Å². The molecular formula is C17H14N5O4S-. The van der Waals surface area contributed by atoms with Gasteiger partial charge >= 0.3 is 0 Å². The molecule has 0 amide bonds. The predicted octanol–water partition coefficient (Wildman–Crippen LogP) is 1.95. The number of aromatic amines is 1. The number of hydrogen-bond acceptors (Lipinski definition) is 7. The van der Waals surface area contributed by atoms with Crippen LogP contribution in [0.15, 0.2) is 52.7 Å². The molecule has 1 N–H and O–H groups in total. The number of aliphatic carboxylic acids is 1. The molecule has 9 nitrogen and oxygen atoms in total. The number of nitrogens with one attached hydrogen (secondary N) is 1. The lowest BCUT2D eigenvalue weighted by atomic mass is 10.2. The van der Waals surface area contributed by atoms with Gasteiger partial charge in [0.25, 0.3) is 5.69 Å². The second kappa shape index (κ2) is 7.87. The van der Waals surface area contributed by atoms with E-state index in [1.54, 1.807) is 35.0 Å². The molecule has 0 spiro atoms. The first-order valence-electron chi connectivity index (χ1n) is 7.92. The number of hydrogen-bond donors (Lipinski definition) is 1. The summed E-state index contributed by atoms with van der Waals surface area (Å²) in [5, 5.41) is 29.3. The fourth-order valence-corrected chi connectivity index (χ4v) is 3.03. The number of thioether (sulfide) groups is 1. The standard InChI is InChI=1S/C17H15N5O4S/c1-2-15-18-17(20-19-15)27-14(16(23)24)10-13-4-3-9-21(13)11-5-7-12(8-6-11)22(25)26/h3-10H,2H2,1H3,(H,23,24)(H,18,19,20)/p-1/b14-10-. The van der Waals surface area contributed by atoms with Gasteiger partial charge in [-0.05, 0) is 42.1 Å². The van der Waals surface area contributed by atoms with E-state index < -0.39 is 10.9 Å². The summed E-state index contributed by atoms with van der Waals surface area (Å²) in [7, 11) is 0. The van der Waals surface area contributed by atoms with Crippen molar-refractivity contribution in [2.75, 3.05) is 0 Å². The lowest BCUT2D eigenvalue weighted by Crippen LogP contribution is -2.23. The fourth-order valence-electron chi connectivity index (χ4n) is 2.33. The van der Waals surface area contributed by atoms with Crippen molar-refractivity contribution in [3.63, 3.8) is 0 Å². The Morgan fingerprint density at radius 2 is 2.07 bits per heavy atom. The van der Waals surface area contributed by atoms with Crippen LogP contribution in [-0.2, 0) is 11.2 Å². The molecule has 0 atom stereocenters. The number of aromatic nitrogens is 4. The van der Waals surface area contributed by atoms with Gasteiger partial charge in [0.05, 0.1) is 10.9 Å². The molecule has 0 saturated carbocycles. The first kappa shape index (κ1) is 18.4. The smallest absolute Gasteiger partial charge is 0.269 e. The molecule has 2 aromatic heterocycles. The first-order valence-corrected chi connectivity index (χ1v) is 8.74. The maximum atomic E-state index is 11.5. The number of H-pyrrole nitrogens is 1. The van der Waals surface area contributed by atoms with Gasteiger partial charge in [0.2, 0.25) is 5.16 Å². The Bertz CT molecular complexity index is 1010. The highest BCUT2D eigenvalue weighted by Crippen LogP contribution is 2.26. The normalized spacial score (nSPS) is 11.5. The van der Waals surface area contributed by atoms with Crippen LogP contribution in [0, 0.1) is 10.1 Å². The van der Waals surface area contributed by atoms with Crippen LogP contribution in [0.3, 0.4) is 0 Å². The van der Waals surface area contributed by atoms with Gasteiger partial charge in [-0.25, -0.2) is 4.98 Å². The zero-order chi connectivity index (χ0) is 19.4. The van der Waals surface area contributed by atoms with Crippen LogP contribution in [0.25, 0.3) is 11.8 Å². The minimum atomic E-state index is -1.35. The molecule has 2 heterocycles. The van der Waals surface area contributed by atoms with E-state index in [2.05, 4.69) is 15.2 Å². The minimum Gasteiger partial charge on any atom is -0.544 e. The second-order valence-electron chi connectivity index (χ2n) is 5.39. The number of nitro groups is 1. The largest absolute Gasteiger partial charge is 0.544 e. The summed E-state index contributed by atoms with van der Waals surface area (Å²) < 4.78 is 1.71. The van der Waals surface area contributed by atoms with E-state index in [-0.39, 0.29) is 15.7 Å². The average Bonchev–Trinajstić information content (AvgIpc) is 3.30. The van der Waals surface area contributed by atoms with Crippen molar-refractivity contribution >= 4 is 29.5 Å². The Labute approximate surface area is 157 Å². The van der Waals surface area contributed by atoms with Gasteiger partial charge in [0.1, 0.15) is 5.82 Å². The summed E-state index contributed by atoms with van der Waals surface area (Å²) in [5.74, 6) is -0.691. The van der Waals surface area contributed by atoms with E-state index in [4.69, 9.17) is 0 Å². The first-order chi connectivity index (χ1) is 13.0. The molecule has 3 rings (SSSR count). The van der Waals surface area contributed by atoms with Crippen LogP contribution < -0.4 is 5.11 Å². The number of non-ortho nitro benzene ring substituents is 1. The summed E-state index contributed by atoms with van der Waals surface area (Å²) in [5.41, 5.74) is 1.21. The number of carboxylic acids is 1. The number of carbonyl (C=O) groups is 1. The molecule has 0 unspecified atom stereocenters. The Kier molecular flexibility index (Phi) is 5.36. The second-order valence-corrected chi connectivity index (χ2v) is 6.40. The van der Waals surface area contributed by atoms with Crippen LogP contribution in [0.1, 0.15) is 18.4 Å². The third-order valence-electron chi connectivity index (χ3n) is 3.65. The zero-order valence-electron chi connectivity index (χ0n) is 14.2. The lowest BCUT2D eigenvalue weighted by Gasteiger charge is -2.09. The van der Waals surface area contributed by atoms with E-state index in [0.29, 0.717) is 23.6 Å². The van der Waals surface area contributed by atoms with Crippen molar-refractivity contribution in [1.82, 2.24) is 19.7 Å². The number of nitrogens with zero attached hydrogens (tertiary/aromatic N) is 4. The molecule has 27 heavy (non-hydrogen) atoms. The molecule has 0 saturated heterocycles. The number of benzene rings is 1. The predicted molar refractivity (Wildman–Crippen MR) is 97.0 cm³/mol. The number of carboxylic acid groups (broad SMARTS) is 1. The van der Waals surface area contributed by atoms with Crippen molar-refractivity contribution in [2.24, 2.45) is 0 Å². The maximum Gasteiger partial charge on any atom is 0.269 e. The Morgan fingerprint density at radius 3 is 2.67 bits per heavy atom. The Hall–Kier alpha value is -3.40. The van der Waals surface area contributed by atoms with Crippen LogP contribution >= 0.6 is 11.8 Å². The number of aryl methyl sites for hydroxylation is 1. The van der Waals surface area contributed by atoms with Gasteiger partial charge in [0, 0.05) is 41.0 Å². The molecular weight excluding hydrogens is 370 g/mol. The summed E-state index contributed by atoms with van der Waals surface area (Å²) >= 11 is 0.884. The van der Waals surface area contributed by atoms with E-state index in [0.717, 1.165) is 11.8 Å². The maximum absolute atomic E-state index is 11.5. The van der Waals surface area contributed by atoms with E-state index in [1.165, 1.54) is 18.2 Å². The molecule has 138 valence electrons. The zero-order valence-corrected chi connectivity index (χ0v) is 15.0. The van der Waals surface area contributed by atoms with Gasteiger partial charge in [-0.2, -0.15) is 0 Å². The van der Waals surface area contributed by atoms with Crippen LogP contribution in [0.4, 0.5) is 5.69 Å². The van der Waals surface area contributed by atoms with Gasteiger partial charge in [-0.1, -0.05) is 6.92 Å². The SMILES string of the molecule is CCc1nc(S/C(=C\c2cccn2-c2ccc([N+](=O)[O-])cc2)C(=O)[O-])n[nH]1. The third kappa shape index (κ3) is 4.23. The third-order valence-corrected chi connectivity index (χ3v) is 4.52. The molecule has 0 radical (unpaired) electrons. The average molecular weight is 384 g/mol. The van der Waals surface area contributed by atoms with Gasteiger partial charge in [-0.15, -0.1) is 5.10 Å². The number of nitro benzene ring substituents is 1. The number of rotatable bonds is 7. The van der Waals surface area contributed by atoms with Gasteiger partial charge in [0.15, 0.2) is 0 Å². The van der Waals surface area contributed by atoms with Crippen LogP contribution in [0.2, 0.25) is 0 Å². The number of carbonyl (C=O) groups excluding carboxylic acids is 1. The van der Waals surface area contributed by atoms with Gasteiger partial charge in [-0.3, -0.25) is 15.2 Å². The molecule has 0 aliphatic carbocycles. The summed E-state index contributed by atoms with van der Waals surface area (Å²) in [6, 6.07) is 9.41. The van der Waals surface area contributed by atoms with Crippen LogP contribution in [0.5, 0.6) is 0 Å². The molecule has 3 aromatic rings. The van der Waals surface area contributed by atoms with Crippen molar-refractivity contribution in [3.05, 3.63) is 69.1 Å². The topological polar surface area (TPSA) is 130 Å². The van der Waals surface area contributed by atoms with Gasteiger partial charge < -0.3 is 14.5 Å². The molecule has 10 heteroatoms. The highest BCUT2D eigenvalue weighted by atomic mass is 32.2. The Balaban J connectivity index is 1.91. The van der Waals surface area contributed by atoms with Crippen molar-refractivity contribution in [3.8, 4) is 5.69 Å². The highest BCUT2D eigenvalue weighted by molar-refractivity contribution is 8.04. The van der Waals surface area contributed by atoms with E-state index in [1.807, 2.05) is 6.92 Å². The molecule has 0 aliphatic heterocycles. The molecule has 0 fully saturated rings. The quantitative estimate of drug-likeness (QED) is 0.285. The summed E-state index contributed by atoms with van der Waals surface area (Å²) in [4.78, 5) is 26.0. The monoisotopic (exact) mass is 384 g/mol. The fraction of sp³-hybridized carbons (Fsp3) is 0.118. The highest BCUT2D eigenvalue weighted by Gasteiger charge is 2.11. The van der Waals surface area contributed by atoms with Crippen molar-refractivity contribution in [1.29, 1.82) is 0 Å². The molecule has 0 bridgehead atoms. The lowest BCUT2D eigenvalue weighted by molar-refractivity contribution is -0.384. The van der Waals surface area contributed by atoms with Crippen molar-refractivity contribution < 1.29 is 14.8 Å². The minimum absolute atomic E-state index is 0.0229.